The van der Waals surface area contributed by atoms with Crippen LogP contribution in [0.25, 0.3) is 10.9 Å². The largest absolute Gasteiger partial charge is 0.508 e. The van der Waals surface area contributed by atoms with Crippen LogP contribution >= 0.6 is 0 Å². The number of hydrogen-bond donors (Lipinski definition) is 2. The number of hydrogen-bond acceptors (Lipinski definition) is 4. The number of aliphatic hydroxyl groups is 1. The molecule has 1 fully saturated rings. The van der Waals surface area contributed by atoms with E-state index in [1.54, 1.807) is 6.07 Å². The molecule has 3 atom stereocenters. The molecule has 0 unspecified atom stereocenters. The Bertz CT molecular complexity index is 1520. The lowest BCUT2D eigenvalue weighted by molar-refractivity contribution is -0.169. The lowest BCUT2D eigenvalue weighted by Gasteiger charge is -2.63. The van der Waals surface area contributed by atoms with Crippen LogP contribution in [0.15, 0.2) is 78.9 Å². The maximum absolute atomic E-state index is 13.6. The molecule has 1 aliphatic heterocycles. The highest BCUT2D eigenvalue weighted by Gasteiger charge is 2.65. The molecule has 1 saturated heterocycles. The number of pyridine rings is 1. The van der Waals surface area contributed by atoms with Gasteiger partial charge in [-0.2, -0.15) is 0 Å². The summed E-state index contributed by atoms with van der Waals surface area (Å²) in [5, 5.41) is 24.2. The van der Waals surface area contributed by atoms with E-state index in [1.807, 2.05) is 65.6 Å². The van der Waals surface area contributed by atoms with Crippen LogP contribution in [0, 0.1) is 0 Å². The Labute approximate surface area is 210 Å². The van der Waals surface area contributed by atoms with Crippen LogP contribution in [0.1, 0.15) is 34.4 Å². The Morgan fingerprint density at radius 2 is 1.78 bits per heavy atom. The summed E-state index contributed by atoms with van der Waals surface area (Å²) in [5.41, 5.74) is 4.37. The van der Waals surface area contributed by atoms with Gasteiger partial charge in [0, 0.05) is 35.9 Å². The zero-order valence-corrected chi connectivity index (χ0v) is 20.0. The van der Waals surface area contributed by atoms with E-state index < -0.39 is 11.0 Å². The first kappa shape index (κ1) is 21.6. The summed E-state index contributed by atoms with van der Waals surface area (Å²) in [7, 11) is 0. The predicted molar refractivity (Wildman–Crippen MR) is 138 cm³/mol. The molecule has 0 saturated carbocycles. The molecule has 1 aromatic heterocycles. The molecule has 5 heteroatoms. The molecular formula is C31H28N2O3. The van der Waals surface area contributed by atoms with Crippen molar-refractivity contribution in [2.75, 3.05) is 6.54 Å². The second-order valence-corrected chi connectivity index (χ2v) is 10.7. The lowest BCUT2D eigenvalue weighted by Crippen LogP contribution is -2.75. The molecule has 0 spiro atoms. The van der Waals surface area contributed by atoms with Crippen molar-refractivity contribution in [3.05, 3.63) is 107 Å². The van der Waals surface area contributed by atoms with Gasteiger partial charge < -0.3 is 15.1 Å². The fourth-order valence-corrected chi connectivity index (χ4v) is 7.18. The van der Waals surface area contributed by atoms with Gasteiger partial charge in [-0.05, 0) is 59.4 Å². The van der Waals surface area contributed by atoms with Crippen LogP contribution < -0.4 is 0 Å². The molecule has 2 bridgehead atoms. The molecule has 2 aliphatic carbocycles. The zero-order chi connectivity index (χ0) is 24.5. The number of rotatable bonds is 2. The number of fused-ring (bicyclic) bond motifs is 3. The Kier molecular flexibility index (Phi) is 4.58. The van der Waals surface area contributed by atoms with Gasteiger partial charge in [0.05, 0.1) is 23.6 Å². The average Bonchev–Trinajstić information content (AvgIpc) is 2.87. The Hall–Kier alpha value is -3.70. The van der Waals surface area contributed by atoms with E-state index in [1.165, 1.54) is 0 Å². The molecule has 1 amide bonds. The Balaban J connectivity index is 1.37. The first-order valence-electron chi connectivity index (χ1n) is 12.7. The highest BCUT2D eigenvalue weighted by Crippen LogP contribution is 2.57. The fourth-order valence-electron chi connectivity index (χ4n) is 7.18. The molecule has 4 aromatic rings. The van der Waals surface area contributed by atoms with Crippen molar-refractivity contribution in [3.63, 3.8) is 0 Å². The lowest BCUT2D eigenvalue weighted by atomic mass is 9.49. The van der Waals surface area contributed by atoms with Crippen LogP contribution in [0.3, 0.4) is 0 Å². The van der Waals surface area contributed by atoms with E-state index in [9.17, 15) is 15.0 Å². The van der Waals surface area contributed by atoms with E-state index in [0.29, 0.717) is 38.6 Å². The summed E-state index contributed by atoms with van der Waals surface area (Å²) >= 11 is 0. The summed E-state index contributed by atoms with van der Waals surface area (Å²) in [5.74, 6) is 0.265. The number of phenolic OH excluding ortho intramolecular Hbond substituents is 1. The topological polar surface area (TPSA) is 73.7 Å². The van der Waals surface area contributed by atoms with Crippen molar-refractivity contribution in [3.8, 4) is 5.75 Å². The van der Waals surface area contributed by atoms with E-state index in [2.05, 4.69) is 12.1 Å². The van der Waals surface area contributed by atoms with Gasteiger partial charge in [-0.25, -0.2) is 0 Å². The fraction of sp³-hybridized carbons (Fsp3) is 0.290. The van der Waals surface area contributed by atoms with Gasteiger partial charge in [0.15, 0.2) is 0 Å². The van der Waals surface area contributed by atoms with Gasteiger partial charge in [-0.1, -0.05) is 54.6 Å². The summed E-state index contributed by atoms with van der Waals surface area (Å²) in [4.78, 5) is 20.6. The van der Waals surface area contributed by atoms with E-state index in [0.717, 1.165) is 38.9 Å². The highest BCUT2D eigenvalue weighted by molar-refractivity contribution is 5.81. The SMILES string of the molecule is O=C(Cc1ccccc1)N1CC[C@]23Cc4nc5ccccc5cc4C[C@@]2(O)[C@H]1Cc1ccc(O)cc13. The number of nitrogens with zero attached hydrogens (tertiary/aromatic N) is 2. The molecule has 36 heavy (non-hydrogen) atoms. The molecule has 3 aliphatic rings. The van der Waals surface area contributed by atoms with Crippen molar-refractivity contribution in [1.82, 2.24) is 9.88 Å². The third-order valence-electron chi connectivity index (χ3n) is 8.90. The van der Waals surface area contributed by atoms with Crippen LogP contribution in [0.2, 0.25) is 0 Å². The smallest absolute Gasteiger partial charge is 0.227 e. The second-order valence-electron chi connectivity index (χ2n) is 10.7. The summed E-state index contributed by atoms with van der Waals surface area (Å²) < 4.78 is 0. The number of benzene rings is 3. The predicted octanol–water partition coefficient (Wildman–Crippen LogP) is 4.11. The number of carbonyl (C=O) groups excluding carboxylic acids is 1. The summed E-state index contributed by atoms with van der Waals surface area (Å²) in [6.07, 6.45) is 2.56. The van der Waals surface area contributed by atoms with Crippen molar-refractivity contribution in [1.29, 1.82) is 0 Å². The van der Waals surface area contributed by atoms with Crippen LogP contribution in [0.4, 0.5) is 0 Å². The van der Waals surface area contributed by atoms with Gasteiger partial charge in [0.2, 0.25) is 5.91 Å². The minimum Gasteiger partial charge on any atom is -0.508 e. The number of aromatic hydroxyl groups is 1. The third kappa shape index (κ3) is 2.99. The second kappa shape index (κ2) is 7.65. The van der Waals surface area contributed by atoms with Gasteiger partial charge in [0.25, 0.3) is 0 Å². The van der Waals surface area contributed by atoms with Crippen molar-refractivity contribution in [2.24, 2.45) is 0 Å². The molecule has 5 nitrogen and oxygen atoms in total. The molecule has 180 valence electrons. The quantitative estimate of drug-likeness (QED) is 0.457. The van der Waals surface area contributed by atoms with Gasteiger partial charge >= 0.3 is 0 Å². The number of amides is 1. The molecule has 0 radical (unpaired) electrons. The van der Waals surface area contributed by atoms with Crippen molar-refractivity contribution >= 4 is 16.8 Å². The summed E-state index contributed by atoms with van der Waals surface area (Å²) in [6, 6.07) is 25.3. The number of para-hydroxylation sites is 1. The third-order valence-corrected chi connectivity index (χ3v) is 8.90. The van der Waals surface area contributed by atoms with Crippen LogP contribution in [-0.4, -0.2) is 44.2 Å². The summed E-state index contributed by atoms with van der Waals surface area (Å²) in [6.45, 7) is 0.580. The molecule has 7 rings (SSSR count). The van der Waals surface area contributed by atoms with E-state index in [-0.39, 0.29) is 17.7 Å². The van der Waals surface area contributed by atoms with Gasteiger partial charge in [0.1, 0.15) is 5.75 Å². The maximum Gasteiger partial charge on any atom is 0.227 e. The van der Waals surface area contributed by atoms with Gasteiger partial charge in [-0.15, -0.1) is 0 Å². The molecular weight excluding hydrogens is 448 g/mol. The number of likely N-dealkylation sites (tertiary alicyclic amines) is 1. The van der Waals surface area contributed by atoms with Crippen LogP contribution in [-0.2, 0) is 35.9 Å². The first-order chi connectivity index (χ1) is 17.5. The monoisotopic (exact) mass is 476 g/mol. The standard InChI is InChI=1S/C31H28N2O3/c34-24-11-10-21-16-28-31(36)18-23-15-22-8-4-5-9-26(22)32-27(23)19-30(31,25(21)17-24)12-13-33(28)29(35)14-20-6-2-1-3-7-20/h1-11,15,17,28,34,36H,12-14,16,18-19H2/t28-,30-,31-/m1/s1. The number of piperidine rings is 1. The molecule has 3 aromatic carbocycles. The van der Waals surface area contributed by atoms with E-state index in [4.69, 9.17) is 4.98 Å². The van der Waals surface area contributed by atoms with Crippen molar-refractivity contribution < 1.29 is 15.0 Å². The normalized spacial score (nSPS) is 26.1. The zero-order valence-electron chi connectivity index (χ0n) is 20.0. The first-order valence-corrected chi connectivity index (χ1v) is 12.7. The van der Waals surface area contributed by atoms with E-state index >= 15 is 0 Å². The number of carbonyl (C=O) groups is 1. The maximum atomic E-state index is 13.6. The van der Waals surface area contributed by atoms with Crippen LogP contribution in [0.5, 0.6) is 5.75 Å². The Morgan fingerprint density at radius 1 is 0.972 bits per heavy atom. The molecule has 2 heterocycles. The van der Waals surface area contributed by atoms with Gasteiger partial charge in [-0.3, -0.25) is 9.78 Å². The minimum absolute atomic E-state index is 0.0536. The number of phenols is 1. The number of aromatic nitrogens is 1. The highest BCUT2D eigenvalue weighted by atomic mass is 16.3. The average molecular weight is 477 g/mol. The minimum atomic E-state index is -1.14. The Morgan fingerprint density at radius 3 is 2.64 bits per heavy atom. The molecule has 2 N–H and O–H groups in total. The van der Waals surface area contributed by atoms with Crippen molar-refractivity contribution in [2.45, 2.75) is 49.2 Å².